The van der Waals surface area contributed by atoms with Crippen LogP contribution in [0.25, 0.3) is 0 Å². The molecule has 0 atom stereocenters. The third-order valence-corrected chi connectivity index (χ3v) is 5.35. The lowest BCUT2D eigenvalue weighted by Crippen LogP contribution is -2.34. The monoisotopic (exact) mass is 355 g/mol. The second-order valence-corrected chi connectivity index (χ2v) is 6.96. The molecule has 5 nitrogen and oxygen atoms in total. The van der Waals surface area contributed by atoms with E-state index >= 15 is 0 Å². The summed E-state index contributed by atoms with van der Waals surface area (Å²) in [5.41, 5.74) is 4.44. The van der Waals surface area contributed by atoms with Crippen molar-refractivity contribution in [1.82, 2.24) is 9.55 Å². The Bertz CT molecular complexity index is 731. The summed E-state index contributed by atoms with van der Waals surface area (Å²) in [4.78, 5) is 18.8. The number of nitrogens with zero attached hydrogens (tertiary/aromatic N) is 3. The van der Waals surface area contributed by atoms with Gasteiger partial charge in [0, 0.05) is 43.4 Å². The van der Waals surface area contributed by atoms with Crippen LogP contribution in [0, 0.1) is 12.8 Å². The van der Waals surface area contributed by atoms with E-state index in [9.17, 15) is 4.79 Å². The number of carbonyl (C=O) groups excluding carboxylic acids is 1. The van der Waals surface area contributed by atoms with E-state index in [0.717, 1.165) is 26.1 Å². The van der Waals surface area contributed by atoms with Crippen molar-refractivity contribution in [3.05, 3.63) is 47.5 Å². The number of hydrogen-bond donors (Lipinski definition) is 0. The summed E-state index contributed by atoms with van der Waals surface area (Å²) < 4.78 is 7.36. The number of aromatic nitrogens is 2. The van der Waals surface area contributed by atoms with Crippen LogP contribution in [0.2, 0.25) is 0 Å². The summed E-state index contributed by atoms with van der Waals surface area (Å²) in [5, 5.41) is 0. The van der Waals surface area contributed by atoms with Crippen LogP contribution in [0.4, 0.5) is 5.69 Å². The second kappa shape index (κ2) is 8.39. The third-order valence-electron chi connectivity index (χ3n) is 5.35. The summed E-state index contributed by atoms with van der Waals surface area (Å²) in [6.07, 6.45) is 7.09. The lowest BCUT2D eigenvalue weighted by atomic mass is 9.91. The van der Waals surface area contributed by atoms with Crippen LogP contribution in [-0.2, 0) is 17.7 Å². The Labute approximate surface area is 156 Å². The molecule has 0 spiro atoms. The van der Waals surface area contributed by atoms with Gasteiger partial charge < -0.3 is 14.2 Å². The first-order chi connectivity index (χ1) is 12.6. The van der Waals surface area contributed by atoms with Crippen molar-refractivity contribution in [3.63, 3.8) is 0 Å². The highest BCUT2D eigenvalue weighted by atomic mass is 16.5. The Kier molecular flexibility index (Phi) is 5.96. The van der Waals surface area contributed by atoms with Crippen LogP contribution in [-0.4, -0.2) is 35.2 Å². The highest BCUT2D eigenvalue weighted by Gasteiger charge is 2.24. The highest BCUT2D eigenvalue weighted by molar-refractivity contribution is 5.88. The molecule has 2 aromatic heterocycles. The fourth-order valence-electron chi connectivity index (χ4n) is 3.95. The standard InChI is InChI=1S/C21H29N3O2/c1-4-24-19(16(3)14-20(24)21(25)26-5-2)15-17-8-12-23(13-9-17)18-6-10-22-11-7-18/h6-7,10-11,14,17H,4-5,8-9,12-13,15H2,1-3H3. The van der Waals surface area contributed by atoms with E-state index in [1.54, 1.807) is 0 Å². The molecule has 0 bridgehead atoms. The first-order valence-electron chi connectivity index (χ1n) is 9.65. The number of ether oxygens (including phenoxy) is 1. The molecule has 0 aliphatic carbocycles. The summed E-state index contributed by atoms with van der Waals surface area (Å²) in [5.74, 6) is 0.443. The van der Waals surface area contributed by atoms with Crippen LogP contribution in [0.3, 0.4) is 0 Å². The Morgan fingerprint density at radius 3 is 2.54 bits per heavy atom. The fraction of sp³-hybridized carbons (Fsp3) is 0.524. The van der Waals surface area contributed by atoms with E-state index in [1.165, 1.54) is 29.8 Å². The van der Waals surface area contributed by atoms with E-state index in [1.807, 2.05) is 25.4 Å². The molecule has 1 aliphatic rings. The number of rotatable bonds is 6. The molecule has 3 rings (SSSR count). The number of aryl methyl sites for hydroxylation is 1. The molecule has 0 saturated carbocycles. The van der Waals surface area contributed by atoms with Crippen LogP contribution < -0.4 is 4.90 Å². The number of hydrogen-bond acceptors (Lipinski definition) is 4. The number of anilines is 1. The molecule has 26 heavy (non-hydrogen) atoms. The normalized spacial score (nSPS) is 15.3. The maximum Gasteiger partial charge on any atom is 0.354 e. The molecular formula is C21H29N3O2. The van der Waals surface area contributed by atoms with Crippen LogP contribution >= 0.6 is 0 Å². The van der Waals surface area contributed by atoms with Crippen molar-refractivity contribution in [2.45, 2.75) is 46.6 Å². The summed E-state index contributed by atoms with van der Waals surface area (Å²) in [7, 11) is 0. The predicted molar refractivity (Wildman–Crippen MR) is 104 cm³/mol. The third kappa shape index (κ3) is 3.92. The largest absolute Gasteiger partial charge is 0.461 e. The first kappa shape index (κ1) is 18.5. The average Bonchev–Trinajstić information content (AvgIpc) is 2.99. The van der Waals surface area contributed by atoms with Crippen molar-refractivity contribution in [2.24, 2.45) is 5.92 Å². The van der Waals surface area contributed by atoms with E-state index in [-0.39, 0.29) is 5.97 Å². The Morgan fingerprint density at radius 2 is 1.92 bits per heavy atom. The van der Waals surface area contributed by atoms with E-state index in [2.05, 4.69) is 40.4 Å². The Hall–Kier alpha value is -2.30. The molecule has 1 saturated heterocycles. The van der Waals surface area contributed by atoms with Crippen molar-refractivity contribution in [2.75, 3.05) is 24.6 Å². The topological polar surface area (TPSA) is 47.4 Å². The minimum Gasteiger partial charge on any atom is -0.461 e. The van der Waals surface area contributed by atoms with Crippen LogP contribution in [0.5, 0.6) is 0 Å². The minimum atomic E-state index is -0.212. The van der Waals surface area contributed by atoms with Crippen molar-refractivity contribution >= 4 is 11.7 Å². The van der Waals surface area contributed by atoms with Gasteiger partial charge in [0.1, 0.15) is 5.69 Å². The summed E-state index contributed by atoms with van der Waals surface area (Å²) in [6, 6.07) is 6.15. The highest BCUT2D eigenvalue weighted by Crippen LogP contribution is 2.28. The molecule has 140 valence electrons. The average molecular weight is 355 g/mol. The lowest BCUT2D eigenvalue weighted by molar-refractivity contribution is 0.0513. The molecule has 0 N–H and O–H groups in total. The molecule has 5 heteroatoms. The zero-order chi connectivity index (χ0) is 18.5. The van der Waals surface area contributed by atoms with Gasteiger partial charge in [-0.3, -0.25) is 4.98 Å². The molecule has 3 heterocycles. The van der Waals surface area contributed by atoms with Gasteiger partial charge in [-0.2, -0.15) is 0 Å². The van der Waals surface area contributed by atoms with E-state index in [4.69, 9.17) is 4.74 Å². The quantitative estimate of drug-likeness (QED) is 0.739. The molecule has 0 amide bonds. The smallest absolute Gasteiger partial charge is 0.354 e. The van der Waals surface area contributed by atoms with Gasteiger partial charge in [0.2, 0.25) is 0 Å². The van der Waals surface area contributed by atoms with Gasteiger partial charge in [0.05, 0.1) is 6.61 Å². The first-order valence-corrected chi connectivity index (χ1v) is 9.65. The van der Waals surface area contributed by atoms with Gasteiger partial charge in [-0.15, -0.1) is 0 Å². The fourth-order valence-corrected chi connectivity index (χ4v) is 3.95. The molecule has 1 fully saturated rings. The second-order valence-electron chi connectivity index (χ2n) is 6.96. The van der Waals surface area contributed by atoms with Crippen LogP contribution in [0.15, 0.2) is 30.6 Å². The number of piperidine rings is 1. The van der Waals surface area contributed by atoms with Gasteiger partial charge in [0.15, 0.2) is 0 Å². The van der Waals surface area contributed by atoms with Gasteiger partial charge in [0.25, 0.3) is 0 Å². The van der Waals surface area contributed by atoms with E-state index < -0.39 is 0 Å². The van der Waals surface area contributed by atoms with E-state index in [0.29, 0.717) is 18.2 Å². The molecular weight excluding hydrogens is 326 g/mol. The summed E-state index contributed by atoms with van der Waals surface area (Å²) >= 11 is 0. The molecule has 1 aliphatic heterocycles. The van der Waals surface area contributed by atoms with Crippen molar-refractivity contribution < 1.29 is 9.53 Å². The van der Waals surface area contributed by atoms with Crippen molar-refractivity contribution in [1.29, 1.82) is 0 Å². The molecule has 0 radical (unpaired) electrons. The Morgan fingerprint density at radius 1 is 1.23 bits per heavy atom. The molecule has 0 unspecified atom stereocenters. The van der Waals surface area contributed by atoms with Gasteiger partial charge >= 0.3 is 5.97 Å². The molecule has 2 aromatic rings. The van der Waals surface area contributed by atoms with Gasteiger partial charge in [-0.1, -0.05) is 0 Å². The maximum absolute atomic E-state index is 12.2. The predicted octanol–water partition coefficient (Wildman–Crippen LogP) is 3.85. The lowest BCUT2D eigenvalue weighted by Gasteiger charge is -2.33. The van der Waals surface area contributed by atoms with Crippen molar-refractivity contribution in [3.8, 4) is 0 Å². The number of pyridine rings is 1. The van der Waals surface area contributed by atoms with Gasteiger partial charge in [-0.25, -0.2) is 4.79 Å². The zero-order valence-corrected chi connectivity index (χ0v) is 16.1. The summed E-state index contributed by atoms with van der Waals surface area (Å²) in [6.45, 7) is 9.41. The van der Waals surface area contributed by atoms with Gasteiger partial charge in [-0.05, 0) is 69.7 Å². The SMILES string of the molecule is CCOC(=O)c1cc(C)c(CC2CCN(c3ccncc3)CC2)n1CC. The Balaban J connectivity index is 1.67. The molecule has 0 aromatic carbocycles. The maximum atomic E-state index is 12.2. The number of carbonyl (C=O) groups is 1. The minimum absolute atomic E-state index is 0.212. The van der Waals surface area contributed by atoms with Crippen LogP contribution in [0.1, 0.15) is 48.4 Å². The zero-order valence-electron chi connectivity index (χ0n) is 16.1. The number of esters is 1.